The molecule has 0 saturated carbocycles. The van der Waals surface area contributed by atoms with Gasteiger partial charge in [-0.2, -0.15) is 11.8 Å². The van der Waals surface area contributed by atoms with Crippen molar-refractivity contribution in [2.75, 3.05) is 58.2 Å². The number of ether oxygens (including phenoxy) is 1. The van der Waals surface area contributed by atoms with Crippen LogP contribution in [0, 0.1) is 12.8 Å². The minimum atomic E-state index is 0. The Morgan fingerprint density at radius 3 is 2.70 bits per heavy atom. The molecule has 1 N–H and O–H groups in total. The maximum absolute atomic E-state index is 5.44. The lowest BCUT2D eigenvalue weighted by atomic mass is 10.1. The molecule has 0 aromatic carbocycles. The van der Waals surface area contributed by atoms with E-state index < -0.39 is 0 Å². The molecule has 0 radical (unpaired) electrons. The average Bonchev–Trinajstić information content (AvgIpc) is 3.06. The minimum Gasteiger partial charge on any atom is -0.379 e. The number of hydrogen-bond acceptors (Lipinski definition) is 6. The molecule has 2 aliphatic heterocycles. The largest absolute Gasteiger partial charge is 0.379 e. The molecule has 0 spiro atoms. The summed E-state index contributed by atoms with van der Waals surface area (Å²) in [7, 11) is 2.00. The van der Waals surface area contributed by atoms with Crippen molar-refractivity contribution in [2.24, 2.45) is 18.0 Å². The van der Waals surface area contributed by atoms with Crippen LogP contribution in [0.25, 0.3) is 0 Å². The standard InChI is InChI=1S/C20H37N7OS.HI/c1-16(2)18-15-27(10-13-29-18)20(22-14-19-24-23-17(3)25(19)4)21-6-5-7-26-8-11-28-12-9-26;/h16,18H,5-15H2,1-4H3,(H,21,22);1H. The van der Waals surface area contributed by atoms with E-state index in [0.717, 1.165) is 82.3 Å². The Balaban J connectivity index is 0.00000320. The molecule has 8 nitrogen and oxygen atoms in total. The number of aryl methyl sites for hydroxylation is 1. The molecule has 1 aromatic heterocycles. The van der Waals surface area contributed by atoms with Gasteiger partial charge >= 0.3 is 0 Å². The van der Waals surface area contributed by atoms with E-state index in [1.807, 2.05) is 18.5 Å². The molecule has 172 valence electrons. The zero-order valence-corrected chi connectivity index (χ0v) is 22.0. The number of rotatable bonds is 7. The summed E-state index contributed by atoms with van der Waals surface area (Å²) in [4.78, 5) is 9.85. The molecule has 1 atom stereocenters. The summed E-state index contributed by atoms with van der Waals surface area (Å²) in [6.45, 7) is 15.1. The van der Waals surface area contributed by atoms with E-state index >= 15 is 0 Å². The van der Waals surface area contributed by atoms with Crippen LogP contribution in [-0.2, 0) is 18.3 Å². The third-order valence-corrected chi connectivity index (χ3v) is 7.27. The van der Waals surface area contributed by atoms with Crippen molar-refractivity contribution in [1.29, 1.82) is 0 Å². The second kappa shape index (κ2) is 13.1. The van der Waals surface area contributed by atoms with E-state index in [0.29, 0.717) is 17.7 Å². The Hall–Kier alpha value is -0.590. The molecule has 3 rings (SSSR count). The predicted octanol–water partition coefficient (Wildman–Crippen LogP) is 1.98. The van der Waals surface area contributed by atoms with Crippen molar-refractivity contribution < 1.29 is 4.74 Å². The molecule has 2 saturated heterocycles. The molecule has 0 bridgehead atoms. The van der Waals surface area contributed by atoms with Gasteiger partial charge in [0.25, 0.3) is 0 Å². The van der Waals surface area contributed by atoms with Crippen LogP contribution >= 0.6 is 35.7 Å². The summed E-state index contributed by atoms with van der Waals surface area (Å²) in [5, 5.41) is 12.7. The highest BCUT2D eigenvalue weighted by atomic mass is 127. The molecule has 3 heterocycles. The van der Waals surface area contributed by atoms with Crippen LogP contribution in [0.3, 0.4) is 0 Å². The second-order valence-electron chi connectivity index (χ2n) is 8.20. The van der Waals surface area contributed by atoms with Crippen molar-refractivity contribution >= 4 is 41.7 Å². The lowest BCUT2D eigenvalue weighted by Gasteiger charge is -2.36. The van der Waals surface area contributed by atoms with E-state index in [2.05, 4.69) is 50.9 Å². The highest BCUT2D eigenvalue weighted by Gasteiger charge is 2.25. The topological polar surface area (TPSA) is 70.8 Å². The Labute approximate surface area is 202 Å². The van der Waals surface area contributed by atoms with Gasteiger partial charge in [-0.15, -0.1) is 34.2 Å². The first-order valence-electron chi connectivity index (χ1n) is 10.8. The molecule has 30 heavy (non-hydrogen) atoms. The van der Waals surface area contributed by atoms with Gasteiger partial charge in [-0.3, -0.25) is 4.90 Å². The molecule has 10 heteroatoms. The molecule has 0 aliphatic carbocycles. The van der Waals surface area contributed by atoms with Gasteiger partial charge in [0.1, 0.15) is 12.4 Å². The van der Waals surface area contributed by atoms with Gasteiger partial charge < -0.3 is 19.5 Å². The van der Waals surface area contributed by atoms with Gasteiger partial charge in [0, 0.05) is 50.8 Å². The van der Waals surface area contributed by atoms with E-state index in [9.17, 15) is 0 Å². The smallest absolute Gasteiger partial charge is 0.194 e. The summed E-state index contributed by atoms with van der Waals surface area (Å²) in [6.07, 6.45) is 1.11. The third-order valence-electron chi connectivity index (χ3n) is 5.73. The molecule has 1 unspecified atom stereocenters. The summed E-state index contributed by atoms with van der Waals surface area (Å²) in [5.41, 5.74) is 0. The van der Waals surface area contributed by atoms with Crippen LogP contribution in [0.5, 0.6) is 0 Å². The lowest BCUT2D eigenvalue weighted by molar-refractivity contribution is 0.0375. The fraction of sp³-hybridized carbons (Fsp3) is 0.850. The van der Waals surface area contributed by atoms with Gasteiger partial charge in [0.15, 0.2) is 11.8 Å². The SMILES string of the molecule is Cc1nnc(CN=C(NCCCN2CCOCC2)N2CCSC(C(C)C)C2)n1C.I. The van der Waals surface area contributed by atoms with Crippen LogP contribution < -0.4 is 5.32 Å². The van der Waals surface area contributed by atoms with Crippen LogP contribution in [0.4, 0.5) is 0 Å². The Kier molecular flexibility index (Phi) is 11.2. The molecule has 2 fully saturated rings. The van der Waals surface area contributed by atoms with Crippen molar-refractivity contribution in [1.82, 2.24) is 29.9 Å². The Morgan fingerprint density at radius 1 is 1.27 bits per heavy atom. The zero-order valence-electron chi connectivity index (χ0n) is 18.8. The summed E-state index contributed by atoms with van der Waals surface area (Å²) in [5.74, 6) is 4.66. The number of hydrogen-bond donors (Lipinski definition) is 1. The van der Waals surface area contributed by atoms with Crippen LogP contribution in [0.15, 0.2) is 4.99 Å². The van der Waals surface area contributed by atoms with Gasteiger partial charge in [-0.1, -0.05) is 13.8 Å². The Morgan fingerprint density at radius 2 is 2.03 bits per heavy atom. The van der Waals surface area contributed by atoms with Crippen molar-refractivity contribution in [3.63, 3.8) is 0 Å². The average molecular weight is 552 g/mol. The number of morpholine rings is 1. The first-order chi connectivity index (χ1) is 14.0. The summed E-state index contributed by atoms with van der Waals surface area (Å²) >= 11 is 2.09. The van der Waals surface area contributed by atoms with Crippen LogP contribution in [0.2, 0.25) is 0 Å². The van der Waals surface area contributed by atoms with Gasteiger partial charge in [0.05, 0.1) is 13.2 Å². The van der Waals surface area contributed by atoms with E-state index in [1.165, 1.54) is 0 Å². The van der Waals surface area contributed by atoms with E-state index in [4.69, 9.17) is 9.73 Å². The second-order valence-corrected chi connectivity index (χ2v) is 9.54. The lowest BCUT2D eigenvalue weighted by Crippen LogP contribution is -2.49. The maximum atomic E-state index is 5.44. The molecular formula is C20H38IN7OS. The van der Waals surface area contributed by atoms with Gasteiger partial charge in [-0.25, -0.2) is 4.99 Å². The fourth-order valence-corrected chi connectivity index (χ4v) is 4.90. The van der Waals surface area contributed by atoms with Gasteiger partial charge in [0.2, 0.25) is 0 Å². The van der Waals surface area contributed by atoms with Crippen LogP contribution in [0.1, 0.15) is 31.9 Å². The summed E-state index contributed by atoms with van der Waals surface area (Å²) in [6, 6.07) is 0. The molecule has 2 aliphatic rings. The van der Waals surface area contributed by atoms with E-state index in [-0.39, 0.29) is 24.0 Å². The number of nitrogens with zero attached hydrogens (tertiary/aromatic N) is 6. The molecule has 0 amide bonds. The molecule has 1 aromatic rings. The predicted molar refractivity (Wildman–Crippen MR) is 135 cm³/mol. The fourth-order valence-electron chi connectivity index (χ4n) is 3.60. The number of aromatic nitrogens is 3. The first-order valence-corrected chi connectivity index (χ1v) is 11.9. The van der Waals surface area contributed by atoms with Crippen molar-refractivity contribution in [3.8, 4) is 0 Å². The number of thioether (sulfide) groups is 1. The highest BCUT2D eigenvalue weighted by Crippen LogP contribution is 2.25. The number of nitrogens with one attached hydrogen (secondary N) is 1. The number of aliphatic imine (C=N–C) groups is 1. The quantitative estimate of drug-likeness (QED) is 0.241. The minimum absolute atomic E-state index is 0. The summed E-state index contributed by atoms with van der Waals surface area (Å²) < 4.78 is 7.46. The van der Waals surface area contributed by atoms with Crippen LogP contribution in [-0.4, -0.2) is 94.0 Å². The number of guanidine groups is 1. The monoisotopic (exact) mass is 551 g/mol. The van der Waals surface area contributed by atoms with Crippen molar-refractivity contribution in [2.45, 2.75) is 39.0 Å². The normalized spacial score (nSPS) is 21.0. The van der Waals surface area contributed by atoms with Crippen molar-refractivity contribution in [3.05, 3.63) is 11.6 Å². The highest BCUT2D eigenvalue weighted by molar-refractivity contribution is 14.0. The number of halogens is 1. The zero-order chi connectivity index (χ0) is 20.6. The van der Waals surface area contributed by atoms with E-state index in [1.54, 1.807) is 0 Å². The molecular weight excluding hydrogens is 513 g/mol. The third kappa shape index (κ3) is 7.52. The van der Waals surface area contributed by atoms with Gasteiger partial charge in [-0.05, 0) is 25.8 Å². The Bertz CT molecular complexity index is 664. The first kappa shape index (κ1) is 25.7. The maximum Gasteiger partial charge on any atom is 0.194 e.